The van der Waals surface area contributed by atoms with Gasteiger partial charge in [0.15, 0.2) is 0 Å². The molecule has 5 heteroatoms. The largest absolute Gasteiger partial charge is 0.492 e. The molecule has 0 spiro atoms. The molecular formula is C16H17N3O2. The van der Waals surface area contributed by atoms with E-state index in [0.29, 0.717) is 18.0 Å². The summed E-state index contributed by atoms with van der Waals surface area (Å²) in [6.45, 7) is 2.73. The van der Waals surface area contributed by atoms with Crippen LogP contribution in [0, 0.1) is 0 Å². The Labute approximate surface area is 123 Å². The number of carbonyl (C=O) groups excluding carboxylic acids is 1. The molecule has 0 bridgehead atoms. The van der Waals surface area contributed by atoms with Crippen molar-refractivity contribution in [3.05, 3.63) is 42.5 Å². The summed E-state index contributed by atoms with van der Waals surface area (Å²) < 4.78 is 5.53. The van der Waals surface area contributed by atoms with Gasteiger partial charge < -0.3 is 20.7 Å². The fourth-order valence-electron chi connectivity index (χ4n) is 2.44. The monoisotopic (exact) mass is 283 g/mol. The Morgan fingerprint density at radius 2 is 2.10 bits per heavy atom. The van der Waals surface area contributed by atoms with Gasteiger partial charge in [0.2, 0.25) is 5.91 Å². The third-order valence-electron chi connectivity index (χ3n) is 3.38. The first-order valence-electron chi connectivity index (χ1n) is 6.88. The van der Waals surface area contributed by atoms with E-state index >= 15 is 0 Å². The number of nitrogen functional groups attached to an aromatic ring is 1. The van der Waals surface area contributed by atoms with Crippen molar-refractivity contribution in [3.63, 3.8) is 0 Å². The number of nitrogens with zero attached hydrogens (tertiary/aromatic N) is 1. The first-order chi connectivity index (χ1) is 10.2. The minimum atomic E-state index is -0.0384. The molecular weight excluding hydrogens is 266 g/mol. The van der Waals surface area contributed by atoms with Crippen LogP contribution in [-0.4, -0.2) is 19.1 Å². The van der Waals surface area contributed by atoms with E-state index < -0.39 is 0 Å². The van der Waals surface area contributed by atoms with Gasteiger partial charge in [-0.25, -0.2) is 0 Å². The van der Waals surface area contributed by atoms with E-state index in [0.717, 1.165) is 17.1 Å². The number of nitrogens with one attached hydrogen (secondary N) is 1. The lowest BCUT2D eigenvalue weighted by Crippen LogP contribution is -2.34. The molecule has 0 saturated heterocycles. The average molecular weight is 283 g/mol. The first-order valence-corrected chi connectivity index (χ1v) is 6.88. The van der Waals surface area contributed by atoms with Crippen molar-refractivity contribution >= 4 is 28.7 Å². The molecule has 108 valence electrons. The van der Waals surface area contributed by atoms with Gasteiger partial charge in [0, 0.05) is 11.8 Å². The number of amides is 1. The maximum absolute atomic E-state index is 11.9. The third kappa shape index (κ3) is 2.50. The number of nitrogens with two attached hydrogens (primary N) is 1. The Morgan fingerprint density at radius 3 is 2.90 bits per heavy atom. The number of hydrogen-bond donors (Lipinski definition) is 2. The fraction of sp³-hybridized carbons (Fsp3) is 0.188. The quantitative estimate of drug-likeness (QED) is 0.850. The van der Waals surface area contributed by atoms with Gasteiger partial charge in [-0.2, -0.15) is 0 Å². The number of carbonyl (C=O) groups is 1. The molecule has 0 radical (unpaired) electrons. The zero-order chi connectivity index (χ0) is 14.8. The van der Waals surface area contributed by atoms with Crippen LogP contribution in [0.4, 0.5) is 22.7 Å². The second kappa shape index (κ2) is 5.36. The van der Waals surface area contributed by atoms with Crippen molar-refractivity contribution in [2.75, 3.05) is 29.1 Å². The Morgan fingerprint density at radius 1 is 1.29 bits per heavy atom. The number of anilines is 4. The van der Waals surface area contributed by atoms with Gasteiger partial charge in [-0.1, -0.05) is 12.1 Å². The predicted octanol–water partition coefficient (Wildman–Crippen LogP) is 2.76. The van der Waals surface area contributed by atoms with Gasteiger partial charge in [-0.3, -0.25) is 4.79 Å². The third-order valence-corrected chi connectivity index (χ3v) is 3.38. The Hall–Kier alpha value is -2.69. The molecule has 0 aliphatic carbocycles. The lowest BCUT2D eigenvalue weighted by atomic mass is 10.1. The number of rotatable bonds is 3. The van der Waals surface area contributed by atoms with Gasteiger partial charge >= 0.3 is 0 Å². The van der Waals surface area contributed by atoms with E-state index in [1.165, 1.54) is 0 Å². The summed E-state index contributed by atoms with van der Waals surface area (Å²) in [5, 5.41) is 2.87. The van der Waals surface area contributed by atoms with Crippen LogP contribution >= 0.6 is 0 Å². The maximum atomic E-state index is 11.9. The summed E-state index contributed by atoms with van der Waals surface area (Å²) in [4.78, 5) is 13.8. The molecule has 0 aromatic heterocycles. The summed E-state index contributed by atoms with van der Waals surface area (Å²) in [5.74, 6) is 0.599. The number of hydrogen-bond acceptors (Lipinski definition) is 4. The van der Waals surface area contributed by atoms with Gasteiger partial charge in [-0.15, -0.1) is 0 Å². The van der Waals surface area contributed by atoms with Crippen molar-refractivity contribution in [1.29, 1.82) is 0 Å². The van der Waals surface area contributed by atoms with Crippen molar-refractivity contribution in [3.8, 4) is 5.75 Å². The molecule has 5 nitrogen and oxygen atoms in total. The molecule has 1 amide bonds. The SMILES string of the molecule is CCOc1cc(N2CC(=O)Nc3ccccc32)ccc1N. The smallest absolute Gasteiger partial charge is 0.244 e. The molecule has 1 heterocycles. The number of ether oxygens (including phenoxy) is 1. The van der Waals surface area contributed by atoms with Gasteiger partial charge in [-0.05, 0) is 31.2 Å². The topological polar surface area (TPSA) is 67.6 Å². The molecule has 1 aliphatic heterocycles. The molecule has 2 aromatic rings. The number of para-hydroxylation sites is 2. The molecule has 3 rings (SSSR count). The minimum absolute atomic E-state index is 0.0384. The Kier molecular flexibility index (Phi) is 3.39. The van der Waals surface area contributed by atoms with Gasteiger partial charge in [0.1, 0.15) is 12.3 Å². The summed E-state index contributed by atoms with van der Waals surface area (Å²) in [6, 6.07) is 13.3. The summed E-state index contributed by atoms with van der Waals surface area (Å²) in [6.07, 6.45) is 0. The Balaban J connectivity index is 2.04. The second-order valence-corrected chi connectivity index (χ2v) is 4.81. The van der Waals surface area contributed by atoms with Gasteiger partial charge in [0.25, 0.3) is 0 Å². The predicted molar refractivity (Wildman–Crippen MR) is 84.1 cm³/mol. The lowest BCUT2D eigenvalue weighted by molar-refractivity contribution is -0.115. The van der Waals surface area contributed by atoms with Crippen molar-refractivity contribution in [1.82, 2.24) is 0 Å². The van der Waals surface area contributed by atoms with E-state index in [-0.39, 0.29) is 12.5 Å². The Bertz CT molecular complexity index is 685. The zero-order valence-electron chi connectivity index (χ0n) is 11.8. The average Bonchev–Trinajstić information content (AvgIpc) is 2.49. The van der Waals surface area contributed by atoms with Crippen LogP contribution in [0.25, 0.3) is 0 Å². The first kappa shape index (κ1) is 13.3. The molecule has 0 saturated carbocycles. The highest BCUT2D eigenvalue weighted by molar-refractivity contribution is 6.03. The van der Waals surface area contributed by atoms with E-state index in [2.05, 4.69) is 5.32 Å². The van der Waals surface area contributed by atoms with Crippen molar-refractivity contribution in [2.24, 2.45) is 0 Å². The number of fused-ring (bicyclic) bond motifs is 1. The minimum Gasteiger partial charge on any atom is -0.492 e. The van der Waals surface area contributed by atoms with Gasteiger partial charge in [0.05, 0.1) is 23.7 Å². The van der Waals surface area contributed by atoms with Crippen LogP contribution in [-0.2, 0) is 4.79 Å². The molecule has 3 N–H and O–H groups in total. The van der Waals surface area contributed by atoms with E-state index in [1.807, 2.05) is 48.2 Å². The lowest BCUT2D eigenvalue weighted by Gasteiger charge is -2.31. The van der Waals surface area contributed by atoms with Crippen LogP contribution in [0.2, 0.25) is 0 Å². The summed E-state index contributed by atoms with van der Waals surface area (Å²) in [7, 11) is 0. The van der Waals surface area contributed by atoms with Crippen LogP contribution in [0.1, 0.15) is 6.92 Å². The van der Waals surface area contributed by atoms with Crippen LogP contribution in [0.3, 0.4) is 0 Å². The summed E-state index contributed by atoms with van der Waals surface area (Å²) >= 11 is 0. The van der Waals surface area contributed by atoms with E-state index in [9.17, 15) is 4.79 Å². The van der Waals surface area contributed by atoms with Crippen molar-refractivity contribution in [2.45, 2.75) is 6.92 Å². The van der Waals surface area contributed by atoms with Crippen LogP contribution in [0.15, 0.2) is 42.5 Å². The highest BCUT2D eigenvalue weighted by atomic mass is 16.5. The molecule has 21 heavy (non-hydrogen) atoms. The van der Waals surface area contributed by atoms with E-state index in [1.54, 1.807) is 6.07 Å². The maximum Gasteiger partial charge on any atom is 0.244 e. The van der Waals surface area contributed by atoms with E-state index in [4.69, 9.17) is 10.5 Å². The van der Waals surface area contributed by atoms with Crippen molar-refractivity contribution < 1.29 is 9.53 Å². The van der Waals surface area contributed by atoms with Crippen LogP contribution < -0.4 is 20.7 Å². The molecule has 0 unspecified atom stereocenters. The number of benzene rings is 2. The highest BCUT2D eigenvalue weighted by Crippen LogP contribution is 2.37. The molecule has 1 aliphatic rings. The normalized spacial score (nSPS) is 13.6. The highest BCUT2D eigenvalue weighted by Gasteiger charge is 2.23. The molecule has 2 aromatic carbocycles. The van der Waals surface area contributed by atoms with Crippen LogP contribution in [0.5, 0.6) is 5.75 Å². The second-order valence-electron chi connectivity index (χ2n) is 4.81. The molecule has 0 atom stereocenters. The standard InChI is InChI=1S/C16H17N3O2/c1-2-21-15-9-11(7-8-12(15)17)19-10-16(20)18-13-5-3-4-6-14(13)19/h3-9H,2,10,17H2,1H3,(H,18,20). The molecule has 0 fully saturated rings. The fourth-order valence-corrected chi connectivity index (χ4v) is 2.44. The zero-order valence-corrected chi connectivity index (χ0v) is 11.8. The summed E-state index contributed by atoms with van der Waals surface area (Å²) in [5.41, 5.74) is 9.15.